The summed E-state index contributed by atoms with van der Waals surface area (Å²) in [5, 5.41) is 6.89. The molecule has 0 aliphatic rings. The van der Waals surface area contributed by atoms with Crippen LogP contribution < -0.4 is 0 Å². The zero-order chi connectivity index (χ0) is 53.4. The molecule has 0 atom stereocenters. The van der Waals surface area contributed by atoms with Gasteiger partial charge in [0.05, 0.1) is 44.5 Å². The molecule has 12 aromatic carbocycles. The molecule has 378 valence electrons. The van der Waals surface area contributed by atoms with Gasteiger partial charge in [-0.2, -0.15) is 9.97 Å². The van der Waals surface area contributed by atoms with Crippen LogP contribution in [0.2, 0.25) is 0 Å². The van der Waals surface area contributed by atoms with Crippen LogP contribution in [0.3, 0.4) is 0 Å². The lowest BCUT2D eigenvalue weighted by molar-refractivity contribution is 0.950. The van der Waals surface area contributed by atoms with E-state index in [1.165, 1.54) is 0 Å². The van der Waals surface area contributed by atoms with Gasteiger partial charge in [0, 0.05) is 43.4 Å². The molecule has 4 aromatic heterocycles. The summed E-state index contributed by atoms with van der Waals surface area (Å²) in [6, 6.07) is 104. The van der Waals surface area contributed by atoms with Crippen molar-refractivity contribution in [3.05, 3.63) is 291 Å². The third-order valence-electron chi connectivity index (χ3n) is 16.1. The molecule has 6 heteroatoms. The average molecular weight is 1030 g/mol. The summed E-state index contributed by atoms with van der Waals surface area (Å²) < 4.78 is 7.05. The monoisotopic (exact) mass is 1030 g/mol. The van der Waals surface area contributed by atoms with Gasteiger partial charge in [-0.25, -0.2) is 4.98 Å². The fraction of sp³-hybridized carbons (Fsp3) is 0. The van der Waals surface area contributed by atoms with Gasteiger partial charge in [-0.15, -0.1) is 0 Å². The van der Waals surface area contributed by atoms with Crippen molar-refractivity contribution in [2.24, 2.45) is 0 Å². The Morgan fingerprint density at radius 2 is 0.481 bits per heavy atom. The first-order chi connectivity index (χ1) is 40.2. The summed E-state index contributed by atoms with van der Waals surface area (Å²) in [6.45, 7) is 0. The maximum Gasteiger partial charge on any atom is 0.238 e. The van der Waals surface area contributed by atoms with Gasteiger partial charge in [0.15, 0.2) is 11.6 Å². The number of nitrogens with zero attached hydrogens (tertiary/aromatic N) is 6. The molecule has 16 rings (SSSR count). The average Bonchev–Trinajstić information content (AvgIpc) is 4.40. The Labute approximate surface area is 467 Å². The second-order valence-electron chi connectivity index (χ2n) is 20.7. The highest BCUT2D eigenvalue weighted by Gasteiger charge is 2.25. The van der Waals surface area contributed by atoms with E-state index in [0.717, 1.165) is 132 Å². The van der Waals surface area contributed by atoms with Crippen molar-refractivity contribution in [1.29, 1.82) is 0 Å². The summed E-state index contributed by atoms with van der Waals surface area (Å²) >= 11 is 0. The third-order valence-corrected chi connectivity index (χ3v) is 16.1. The molecule has 0 N–H and O–H groups in total. The van der Waals surface area contributed by atoms with Crippen molar-refractivity contribution >= 4 is 65.4 Å². The second-order valence-corrected chi connectivity index (χ2v) is 20.7. The van der Waals surface area contributed by atoms with E-state index >= 15 is 0 Å². The van der Waals surface area contributed by atoms with Crippen molar-refractivity contribution in [2.75, 3.05) is 0 Å². The summed E-state index contributed by atoms with van der Waals surface area (Å²) in [4.78, 5) is 17.0. The summed E-state index contributed by atoms with van der Waals surface area (Å²) in [6.07, 6.45) is 0. The molecule has 81 heavy (non-hydrogen) atoms. The molecule has 0 fully saturated rings. The highest BCUT2D eigenvalue weighted by molar-refractivity contribution is 6.13. The molecule has 0 unspecified atom stereocenters. The van der Waals surface area contributed by atoms with E-state index < -0.39 is 0 Å². The van der Waals surface area contributed by atoms with Gasteiger partial charge in [0.1, 0.15) is 0 Å². The number of hydrogen-bond donors (Lipinski definition) is 0. The quantitative estimate of drug-likeness (QED) is 0.145. The Morgan fingerprint density at radius 1 is 0.198 bits per heavy atom. The van der Waals surface area contributed by atoms with Crippen molar-refractivity contribution in [1.82, 2.24) is 28.7 Å². The fourth-order valence-electron chi connectivity index (χ4n) is 12.4. The van der Waals surface area contributed by atoms with Crippen LogP contribution in [0.5, 0.6) is 0 Å². The Bertz CT molecular complexity index is 4590. The first-order valence-electron chi connectivity index (χ1n) is 27.5. The van der Waals surface area contributed by atoms with Crippen LogP contribution in [0, 0.1) is 0 Å². The van der Waals surface area contributed by atoms with Crippen LogP contribution in [-0.4, -0.2) is 28.7 Å². The maximum absolute atomic E-state index is 5.70. The topological polar surface area (TPSA) is 53.5 Å². The normalized spacial score (nSPS) is 11.7. The molecule has 6 nitrogen and oxygen atoms in total. The predicted molar refractivity (Wildman–Crippen MR) is 335 cm³/mol. The lowest BCUT2D eigenvalue weighted by atomic mass is 10.0. The van der Waals surface area contributed by atoms with Gasteiger partial charge in [0.25, 0.3) is 0 Å². The molecular formula is C75H48N6. The minimum absolute atomic E-state index is 0.525. The molecule has 0 saturated carbocycles. The van der Waals surface area contributed by atoms with Gasteiger partial charge in [-0.1, -0.05) is 231 Å². The zero-order valence-corrected chi connectivity index (χ0v) is 43.9. The van der Waals surface area contributed by atoms with Gasteiger partial charge < -0.3 is 9.13 Å². The molecule has 16 aromatic rings. The van der Waals surface area contributed by atoms with E-state index in [1.54, 1.807) is 0 Å². The van der Waals surface area contributed by atoms with Gasteiger partial charge in [-0.05, 0) is 105 Å². The van der Waals surface area contributed by atoms with Crippen LogP contribution >= 0.6 is 0 Å². The van der Waals surface area contributed by atoms with Crippen molar-refractivity contribution in [2.45, 2.75) is 0 Å². The Balaban J connectivity index is 0.984. The van der Waals surface area contributed by atoms with Crippen LogP contribution in [-0.2, 0) is 0 Å². The minimum atomic E-state index is 0.525. The Kier molecular flexibility index (Phi) is 10.8. The largest absolute Gasteiger partial charge is 0.308 e. The lowest BCUT2D eigenvalue weighted by Crippen LogP contribution is -2.09. The standard InChI is InChI=1S/C75H48N6/c1-5-21-49(22-6-1)53-37-41-59-60-42-38-54(50-23-7-2-8-24-50)46-70(60)79(69(59)45-53)67-35-19-15-31-63(67)73-76-74(78-75(77-73)81-65-33-17-13-29-57(65)58-30-14-18-34-66(58)81)64-32-16-20-36-68(64)80-71-47-55(51-25-9-3-10-26-51)39-43-61(71)62-44-40-56(48-72(62)80)52-27-11-4-12-28-52/h1-48H. The first-order valence-corrected chi connectivity index (χ1v) is 27.5. The van der Waals surface area contributed by atoms with E-state index in [2.05, 4.69) is 305 Å². The second kappa shape index (κ2) is 18.9. The van der Waals surface area contributed by atoms with E-state index in [0.29, 0.717) is 17.6 Å². The van der Waals surface area contributed by atoms with Crippen molar-refractivity contribution in [3.63, 3.8) is 0 Å². The number of rotatable bonds is 9. The molecule has 0 saturated heterocycles. The number of hydrogen-bond acceptors (Lipinski definition) is 3. The number of aromatic nitrogens is 6. The molecule has 4 heterocycles. The van der Waals surface area contributed by atoms with E-state index in [1.807, 2.05) is 0 Å². The van der Waals surface area contributed by atoms with Crippen LogP contribution in [0.4, 0.5) is 0 Å². The van der Waals surface area contributed by atoms with Crippen molar-refractivity contribution in [3.8, 4) is 84.6 Å². The van der Waals surface area contributed by atoms with Crippen LogP contribution in [0.15, 0.2) is 291 Å². The highest BCUT2D eigenvalue weighted by atomic mass is 15.2. The Morgan fingerprint density at radius 3 is 0.827 bits per heavy atom. The summed E-state index contributed by atoms with van der Waals surface area (Å²) in [5.41, 5.74) is 19.2. The highest BCUT2D eigenvalue weighted by Crippen LogP contribution is 2.43. The van der Waals surface area contributed by atoms with Crippen LogP contribution in [0.1, 0.15) is 0 Å². The molecule has 0 spiro atoms. The summed E-state index contributed by atoms with van der Waals surface area (Å²) in [5.74, 6) is 1.63. The van der Waals surface area contributed by atoms with Crippen LogP contribution in [0.25, 0.3) is 150 Å². The molecule has 0 amide bonds. The fourth-order valence-corrected chi connectivity index (χ4v) is 12.4. The van der Waals surface area contributed by atoms with Crippen molar-refractivity contribution < 1.29 is 0 Å². The lowest BCUT2D eigenvalue weighted by Gasteiger charge is -2.17. The smallest absolute Gasteiger partial charge is 0.238 e. The number of fused-ring (bicyclic) bond motifs is 9. The number of para-hydroxylation sites is 4. The molecule has 0 aliphatic carbocycles. The zero-order valence-electron chi connectivity index (χ0n) is 43.9. The van der Waals surface area contributed by atoms with Gasteiger partial charge in [-0.3, -0.25) is 4.57 Å². The van der Waals surface area contributed by atoms with E-state index in [-0.39, 0.29) is 0 Å². The molecular weight excluding hydrogens is 985 g/mol. The SMILES string of the molecule is c1ccc(-c2ccc3c4ccc(-c5ccccc5)cc4n(-c4ccccc4-c4nc(-c5ccccc5-n5c6cc(-c7ccccc7)ccc6c6ccc(-c7ccccc7)cc65)nc(-n5c6ccccc6c6ccccc65)n4)c3c2)cc1. The molecule has 0 aliphatic heterocycles. The van der Waals surface area contributed by atoms with Gasteiger partial charge in [0.2, 0.25) is 5.95 Å². The first kappa shape index (κ1) is 46.2. The van der Waals surface area contributed by atoms with Gasteiger partial charge >= 0.3 is 0 Å². The molecule has 0 bridgehead atoms. The van der Waals surface area contributed by atoms with E-state index in [4.69, 9.17) is 15.0 Å². The maximum atomic E-state index is 5.70. The molecule has 0 radical (unpaired) electrons. The number of benzene rings is 12. The van der Waals surface area contributed by atoms with E-state index in [9.17, 15) is 0 Å². The Hall–Kier alpha value is -11.0. The third kappa shape index (κ3) is 7.68. The predicted octanol–water partition coefficient (Wildman–Crippen LogP) is 19.2. The minimum Gasteiger partial charge on any atom is -0.308 e. The summed E-state index contributed by atoms with van der Waals surface area (Å²) in [7, 11) is 0.